The average Bonchev–Trinajstić information content (AvgIpc) is 3.41. The van der Waals surface area contributed by atoms with Crippen molar-refractivity contribution in [2.24, 2.45) is 0 Å². The summed E-state index contributed by atoms with van der Waals surface area (Å²) in [4.78, 5) is 16.9. The van der Waals surface area contributed by atoms with Gasteiger partial charge in [0.15, 0.2) is 0 Å². The zero-order valence-corrected chi connectivity index (χ0v) is 17.4. The number of rotatable bonds is 8. The Morgan fingerprint density at radius 3 is 2.77 bits per heavy atom. The Bertz CT molecular complexity index is 1100. The molecular weight excluding hydrogens is 396 g/mol. The van der Waals surface area contributed by atoms with Crippen molar-refractivity contribution < 1.29 is 9.53 Å². The number of hydrogen-bond acceptors (Lipinski definition) is 5. The van der Waals surface area contributed by atoms with Crippen LogP contribution in [0.5, 0.6) is 5.75 Å². The Labute approximate surface area is 179 Å². The van der Waals surface area contributed by atoms with Crippen LogP contribution in [0.4, 0.5) is 5.69 Å². The molecule has 1 N–H and O–H groups in total. The van der Waals surface area contributed by atoms with E-state index in [1.54, 1.807) is 17.5 Å². The van der Waals surface area contributed by atoms with Gasteiger partial charge in [-0.2, -0.15) is 5.10 Å². The molecule has 2 aromatic carbocycles. The van der Waals surface area contributed by atoms with E-state index >= 15 is 0 Å². The number of carbonyl (C=O) groups excluding carboxylic acids is 1. The van der Waals surface area contributed by atoms with Gasteiger partial charge in [0.2, 0.25) is 5.91 Å². The maximum Gasteiger partial charge on any atom is 0.228 e. The first-order valence-corrected chi connectivity index (χ1v) is 10.6. The fraction of sp³-hybridized carbons (Fsp3) is 0.174. The first kappa shape index (κ1) is 19.8. The Kier molecular flexibility index (Phi) is 6.20. The molecule has 0 fully saturated rings. The molecule has 0 radical (unpaired) electrons. The maximum atomic E-state index is 12.4. The van der Waals surface area contributed by atoms with Crippen LogP contribution in [0.1, 0.15) is 10.6 Å². The molecule has 2 aromatic heterocycles. The van der Waals surface area contributed by atoms with Gasteiger partial charge in [0, 0.05) is 35.1 Å². The van der Waals surface area contributed by atoms with Crippen LogP contribution >= 0.6 is 11.3 Å². The fourth-order valence-electron chi connectivity index (χ4n) is 3.03. The van der Waals surface area contributed by atoms with Crippen LogP contribution < -0.4 is 10.1 Å². The molecule has 0 unspecified atom stereocenters. The second-order valence-corrected chi connectivity index (χ2v) is 7.88. The van der Waals surface area contributed by atoms with Gasteiger partial charge in [-0.15, -0.1) is 11.3 Å². The van der Waals surface area contributed by atoms with Gasteiger partial charge in [-0.05, 0) is 30.7 Å². The van der Waals surface area contributed by atoms with E-state index in [-0.39, 0.29) is 5.91 Å². The third-order valence-electron chi connectivity index (χ3n) is 4.50. The van der Waals surface area contributed by atoms with Crippen molar-refractivity contribution >= 4 is 22.9 Å². The van der Waals surface area contributed by atoms with Crippen LogP contribution in [0, 0.1) is 6.92 Å². The number of nitrogens with one attached hydrogen (secondary N) is 1. The monoisotopic (exact) mass is 418 g/mol. The molecule has 0 saturated heterocycles. The summed E-state index contributed by atoms with van der Waals surface area (Å²) in [5.41, 5.74) is 3.70. The number of nitrogens with zero attached hydrogens (tertiary/aromatic N) is 3. The molecule has 0 aliphatic rings. The Morgan fingerprint density at radius 2 is 2.03 bits per heavy atom. The lowest BCUT2D eigenvalue weighted by Gasteiger charge is -2.10. The third kappa shape index (κ3) is 5.33. The summed E-state index contributed by atoms with van der Waals surface area (Å²) in [6.45, 7) is 3.16. The summed E-state index contributed by atoms with van der Waals surface area (Å²) in [5.74, 6) is 0.642. The number of benzene rings is 2. The second kappa shape index (κ2) is 9.37. The van der Waals surface area contributed by atoms with Crippen LogP contribution in [0.15, 0.2) is 72.4 Å². The lowest BCUT2D eigenvalue weighted by molar-refractivity contribution is -0.115. The minimum Gasteiger partial charge on any atom is -0.492 e. The van der Waals surface area contributed by atoms with E-state index in [2.05, 4.69) is 15.4 Å². The number of thiazole rings is 1. The normalized spacial score (nSPS) is 10.7. The van der Waals surface area contributed by atoms with Gasteiger partial charge in [0.05, 0.1) is 23.7 Å². The van der Waals surface area contributed by atoms with E-state index in [0.717, 1.165) is 21.8 Å². The summed E-state index contributed by atoms with van der Waals surface area (Å²) in [6, 6.07) is 17.2. The zero-order valence-electron chi connectivity index (χ0n) is 16.6. The lowest BCUT2D eigenvalue weighted by atomic mass is 10.1. The number of carbonyl (C=O) groups is 1. The molecule has 1 amide bonds. The van der Waals surface area contributed by atoms with E-state index in [9.17, 15) is 4.79 Å². The van der Waals surface area contributed by atoms with E-state index in [4.69, 9.17) is 4.74 Å². The van der Waals surface area contributed by atoms with Gasteiger partial charge >= 0.3 is 0 Å². The summed E-state index contributed by atoms with van der Waals surface area (Å²) in [6.07, 6.45) is 3.94. The molecule has 0 saturated carbocycles. The maximum absolute atomic E-state index is 12.4. The van der Waals surface area contributed by atoms with Crippen molar-refractivity contribution in [2.75, 3.05) is 11.9 Å². The predicted molar refractivity (Wildman–Crippen MR) is 119 cm³/mol. The quantitative estimate of drug-likeness (QED) is 0.455. The van der Waals surface area contributed by atoms with E-state index in [1.165, 1.54) is 0 Å². The van der Waals surface area contributed by atoms with Crippen molar-refractivity contribution in [3.05, 3.63) is 82.9 Å². The van der Waals surface area contributed by atoms with Gasteiger partial charge in [-0.3, -0.25) is 9.48 Å². The van der Waals surface area contributed by atoms with Crippen molar-refractivity contribution in [3.63, 3.8) is 0 Å². The molecule has 30 heavy (non-hydrogen) atoms. The highest BCUT2D eigenvalue weighted by atomic mass is 32.1. The smallest absolute Gasteiger partial charge is 0.228 e. The third-order valence-corrected chi connectivity index (χ3v) is 5.27. The SMILES string of the molecule is Cc1nc(-c2ccc(CC(=O)Nc3cccc(OCCn4cccn4)c3)cc2)cs1. The summed E-state index contributed by atoms with van der Waals surface area (Å²) in [5, 5.41) is 10.2. The van der Waals surface area contributed by atoms with Crippen molar-refractivity contribution in [2.45, 2.75) is 19.9 Å². The van der Waals surface area contributed by atoms with Crippen molar-refractivity contribution in [1.29, 1.82) is 0 Å². The molecule has 7 heteroatoms. The largest absolute Gasteiger partial charge is 0.492 e. The molecule has 0 bridgehead atoms. The predicted octanol–water partition coefficient (Wildman–Crippen LogP) is 4.58. The number of hydrogen-bond donors (Lipinski definition) is 1. The fourth-order valence-corrected chi connectivity index (χ4v) is 3.66. The molecule has 4 aromatic rings. The van der Waals surface area contributed by atoms with E-state index in [0.29, 0.717) is 31.0 Å². The van der Waals surface area contributed by atoms with Gasteiger partial charge in [0.1, 0.15) is 12.4 Å². The molecule has 0 aliphatic carbocycles. The Hall–Kier alpha value is -3.45. The first-order valence-electron chi connectivity index (χ1n) is 9.67. The number of aryl methyl sites for hydroxylation is 1. The molecule has 152 valence electrons. The molecule has 6 nitrogen and oxygen atoms in total. The molecule has 4 rings (SSSR count). The Morgan fingerprint density at radius 1 is 1.17 bits per heavy atom. The molecule has 2 heterocycles. The summed E-state index contributed by atoms with van der Waals surface area (Å²) in [7, 11) is 0. The highest BCUT2D eigenvalue weighted by Crippen LogP contribution is 2.22. The molecule has 0 aliphatic heterocycles. The van der Waals surface area contributed by atoms with E-state index < -0.39 is 0 Å². The number of aromatic nitrogens is 3. The lowest BCUT2D eigenvalue weighted by Crippen LogP contribution is -2.14. The van der Waals surface area contributed by atoms with Gasteiger partial charge in [-0.1, -0.05) is 30.3 Å². The van der Waals surface area contributed by atoms with Gasteiger partial charge in [-0.25, -0.2) is 4.98 Å². The molecule has 0 atom stereocenters. The Balaban J connectivity index is 1.30. The van der Waals surface area contributed by atoms with Crippen LogP contribution in [0.25, 0.3) is 11.3 Å². The zero-order chi connectivity index (χ0) is 20.8. The van der Waals surface area contributed by atoms with Crippen LogP contribution in [-0.2, 0) is 17.8 Å². The summed E-state index contributed by atoms with van der Waals surface area (Å²) >= 11 is 1.63. The topological polar surface area (TPSA) is 69.0 Å². The van der Waals surface area contributed by atoms with E-state index in [1.807, 2.05) is 77.8 Å². The average molecular weight is 419 g/mol. The second-order valence-electron chi connectivity index (χ2n) is 6.82. The van der Waals surface area contributed by atoms with Gasteiger partial charge in [0.25, 0.3) is 0 Å². The molecular formula is C23H22N4O2S. The van der Waals surface area contributed by atoms with Crippen molar-refractivity contribution in [3.8, 4) is 17.0 Å². The van der Waals surface area contributed by atoms with Crippen LogP contribution in [-0.4, -0.2) is 27.3 Å². The minimum absolute atomic E-state index is 0.0686. The minimum atomic E-state index is -0.0686. The van der Waals surface area contributed by atoms with Crippen LogP contribution in [0.2, 0.25) is 0 Å². The highest BCUT2D eigenvalue weighted by Gasteiger charge is 2.07. The number of ether oxygens (including phenoxy) is 1. The molecule has 0 spiro atoms. The number of anilines is 1. The summed E-state index contributed by atoms with van der Waals surface area (Å²) < 4.78 is 7.57. The standard InChI is InChI=1S/C23H22N4O2S/c1-17-25-22(16-30-17)19-8-6-18(7-9-19)14-23(28)26-20-4-2-5-21(15-20)29-13-12-27-11-3-10-24-27/h2-11,15-16H,12-14H2,1H3,(H,26,28). The highest BCUT2D eigenvalue weighted by molar-refractivity contribution is 7.09. The first-order chi connectivity index (χ1) is 14.7. The van der Waals surface area contributed by atoms with Crippen LogP contribution in [0.3, 0.4) is 0 Å². The van der Waals surface area contributed by atoms with Gasteiger partial charge < -0.3 is 10.1 Å². The number of amides is 1. The van der Waals surface area contributed by atoms with Crippen molar-refractivity contribution in [1.82, 2.24) is 14.8 Å².